The molecule has 1 saturated heterocycles. The average molecular weight is 292 g/mol. The smallest absolute Gasteiger partial charge is 0.250 e. The van der Waals surface area contributed by atoms with Crippen LogP contribution >= 0.6 is 0 Å². The van der Waals surface area contributed by atoms with Gasteiger partial charge in [-0.05, 0) is 26.3 Å². The van der Waals surface area contributed by atoms with Crippen molar-refractivity contribution in [3.63, 3.8) is 0 Å². The van der Waals surface area contributed by atoms with Crippen LogP contribution in [0, 0.1) is 0 Å². The van der Waals surface area contributed by atoms with Gasteiger partial charge in [0.15, 0.2) is 0 Å². The van der Waals surface area contributed by atoms with Crippen molar-refractivity contribution < 1.29 is 4.79 Å². The van der Waals surface area contributed by atoms with Gasteiger partial charge in [-0.25, -0.2) is 0 Å². The molecule has 0 spiro atoms. The second-order valence-electron chi connectivity index (χ2n) is 6.12. The Hall–Kier alpha value is -1.82. The second-order valence-corrected chi connectivity index (χ2v) is 6.12. The predicted octanol–water partition coefficient (Wildman–Crippen LogP) is 0.373. The molecule has 1 aliphatic heterocycles. The van der Waals surface area contributed by atoms with Crippen LogP contribution in [0.1, 0.15) is 20.3 Å². The maximum Gasteiger partial charge on any atom is 0.250 e. The first-order valence-electron chi connectivity index (χ1n) is 7.29. The number of piperazine rings is 1. The lowest BCUT2D eigenvalue weighted by molar-refractivity contribution is -0.147. The number of nitrogens with zero attached hydrogens (tertiary/aromatic N) is 3. The van der Waals surface area contributed by atoms with Gasteiger partial charge in [-0.1, -0.05) is 0 Å². The SMILES string of the molecule is CN1CCN(CCCn2cc(N)ccc2=O)C(C)(C)C1=O. The first kappa shape index (κ1) is 15.6. The van der Waals surface area contributed by atoms with Crippen molar-refractivity contribution in [3.8, 4) is 0 Å². The number of amides is 1. The zero-order chi connectivity index (χ0) is 15.6. The molecule has 0 atom stereocenters. The molecule has 1 aromatic rings. The fourth-order valence-corrected chi connectivity index (χ4v) is 2.80. The maximum absolute atomic E-state index is 12.2. The third kappa shape index (κ3) is 3.26. The van der Waals surface area contributed by atoms with Gasteiger partial charge < -0.3 is 15.2 Å². The van der Waals surface area contributed by atoms with Crippen molar-refractivity contribution in [1.29, 1.82) is 0 Å². The number of aryl methyl sites for hydroxylation is 1. The molecule has 1 amide bonds. The third-order valence-corrected chi connectivity index (χ3v) is 4.20. The number of carbonyl (C=O) groups excluding carboxylic acids is 1. The highest BCUT2D eigenvalue weighted by molar-refractivity contribution is 5.86. The highest BCUT2D eigenvalue weighted by atomic mass is 16.2. The molecule has 1 aromatic heterocycles. The highest BCUT2D eigenvalue weighted by Crippen LogP contribution is 2.21. The zero-order valence-electron chi connectivity index (χ0n) is 13.0. The van der Waals surface area contributed by atoms with Gasteiger partial charge in [-0.15, -0.1) is 0 Å². The zero-order valence-corrected chi connectivity index (χ0v) is 13.0. The van der Waals surface area contributed by atoms with Gasteiger partial charge in [0, 0.05) is 51.2 Å². The molecule has 2 rings (SSSR count). The first-order chi connectivity index (χ1) is 9.82. The molecule has 6 nitrogen and oxygen atoms in total. The summed E-state index contributed by atoms with van der Waals surface area (Å²) in [6.45, 7) is 6.92. The number of aromatic nitrogens is 1. The molecule has 2 heterocycles. The van der Waals surface area contributed by atoms with Crippen LogP contribution in [0.2, 0.25) is 0 Å². The van der Waals surface area contributed by atoms with Crippen LogP contribution < -0.4 is 11.3 Å². The van der Waals surface area contributed by atoms with Gasteiger partial charge >= 0.3 is 0 Å². The van der Waals surface area contributed by atoms with Crippen molar-refractivity contribution in [2.24, 2.45) is 0 Å². The number of nitrogens with two attached hydrogens (primary N) is 1. The van der Waals surface area contributed by atoms with Gasteiger partial charge in [-0.3, -0.25) is 14.5 Å². The van der Waals surface area contributed by atoms with Gasteiger partial charge in [-0.2, -0.15) is 0 Å². The largest absolute Gasteiger partial charge is 0.398 e. The molecule has 2 N–H and O–H groups in total. The quantitative estimate of drug-likeness (QED) is 0.870. The molecular weight excluding hydrogens is 268 g/mol. The molecule has 0 aromatic carbocycles. The molecule has 0 bridgehead atoms. The normalized spacial score (nSPS) is 19.0. The average Bonchev–Trinajstić information content (AvgIpc) is 2.43. The van der Waals surface area contributed by atoms with Crippen LogP contribution in [0.5, 0.6) is 0 Å². The van der Waals surface area contributed by atoms with E-state index in [2.05, 4.69) is 4.90 Å². The standard InChI is InChI=1S/C15H24N4O2/c1-15(2)14(21)17(3)9-10-19(15)8-4-7-18-11-12(16)5-6-13(18)20/h5-6,11H,4,7-10,16H2,1-3H3. The lowest BCUT2D eigenvalue weighted by Crippen LogP contribution is -2.62. The van der Waals surface area contributed by atoms with Gasteiger partial charge in [0.2, 0.25) is 5.91 Å². The fraction of sp³-hybridized carbons (Fsp3) is 0.600. The number of rotatable bonds is 4. The Kier molecular flexibility index (Phi) is 4.37. The Balaban J connectivity index is 1.96. The van der Waals surface area contributed by atoms with Gasteiger partial charge in [0.1, 0.15) is 0 Å². The lowest BCUT2D eigenvalue weighted by Gasteiger charge is -2.44. The molecule has 0 radical (unpaired) electrons. The van der Waals surface area contributed by atoms with Crippen molar-refractivity contribution >= 4 is 11.6 Å². The molecule has 0 aliphatic carbocycles. The van der Waals surface area contributed by atoms with E-state index in [4.69, 9.17) is 5.73 Å². The minimum absolute atomic E-state index is 0.0436. The molecule has 1 fully saturated rings. The summed E-state index contributed by atoms with van der Waals surface area (Å²) < 4.78 is 1.63. The molecule has 21 heavy (non-hydrogen) atoms. The van der Waals surface area contributed by atoms with Gasteiger partial charge in [0.25, 0.3) is 5.56 Å². The first-order valence-corrected chi connectivity index (χ1v) is 7.29. The van der Waals surface area contributed by atoms with Crippen LogP contribution in [-0.2, 0) is 11.3 Å². The highest BCUT2D eigenvalue weighted by Gasteiger charge is 2.39. The molecule has 1 aliphatic rings. The minimum Gasteiger partial charge on any atom is -0.398 e. The molecular formula is C15H24N4O2. The number of nitrogen functional groups attached to an aromatic ring is 1. The number of hydrogen-bond donors (Lipinski definition) is 1. The molecule has 0 unspecified atom stereocenters. The lowest BCUT2D eigenvalue weighted by atomic mass is 9.97. The van der Waals surface area contributed by atoms with Crippen LogP contribution in [-0.4, -0.2) is 52.5 Å². The number of hydrogen-bond acceptors (Lipinski definition) is 4. The van der Waals surface area contributed by atoms with Crippen LogP contribution in [0.3, 0.4) is 0 Å². The Morgan fingerprint density at radius 2 is 1.90 bits per heavy atom. The van der Waals surface area contributed by atoms with E-state index in [9.17, 15) is 9.59 Å². The topological polar surface area (TPSA) is 71.6 Å². The van der Waals surface area contributed by atoms with E-state index in [1.807, 2.05) is 20.9 Å². The Bertz CT molecular complexity index is 579. The maximum atomic E-state index is 12.2. The summed E-state index contributed by atoms with van der Waals surface area (Å²) in [4.78, 5) is 27.9. The molecule has 6 heteroatoms. The Morgan fingerprint density at radius 1 is 1.19 bits per heavy atom. The Morgan fingerprint density at radius 3 is 2.62 bits per heavy atom. The summed E-state index contributed by atoms with van der Waals surface area (Å²) in [7, 11) is 1.84. The summed E-state index contributed by atoms with van der Waals surface area (Å²) in [5, 5.41) is 0. The minimum atomic E-state index is -0.478. The predicted molar refractivity (Wildman–Crippen MR) is 83.0 cm³/mol. The van der Waals surface area contributed by atoms with Crippen LogP contribution in [0.15, 0.2) is 23.1 Å². The van der Waals surface area contributed by atoms with E-state index >= 15 is 0 Å². The van der Waals surface area contributed by atoms with E-state index < -0.39 is 5.54 Å². The van der Waals surface area contributed by atoms with E-state index in [1.54, 1.807) is 21.7 Å². The summed E-state index contributed by atoms with van der Waals surface area (Å²) >= 11 is 0. The van der Waals surface area contributed by atoms with E-state index in [0.717, 1.165) is 26.1 Å². The van der Waals surface area contributed by atoms with Crippen LogP contribution in [0.4, 0.5) is 5.69 Å². The monoisotopic (exact) mass is 292 g/mol. The van der Waals surface area contributed by atoms with Crippen molar-refractivity contribution in [1.82, 2.24) is 14.4 Å². The van der Waals surface area contributed by atoms with Crippen molar-refractivity contribution in [3.05, 3.63) is 28.7 Å². The summed E-state index contributed by atoms with van der Waals surface area (Å²) in [6.07, 6.45) is 2.48. The van der Waals surface area contributed by atoms with Crippen LogP contribution in [0.25, 0.3) is 0 Å². The van der Waals surface area contributed by atoms with Crippen molar-refractivity contribution in [2.75, 3.05) is 32.4 Å². The number of anilines is 1. The Labute approximate surface area is 125 Å². The summed E-state index contributed by atoms with van der Waals surface area (Å²) in [6, 6.07) is 3.10. The second kappa shape index (κ2) is 5.89. The summed E-state index contributed by atoms with van der Waals surface area (Å²) in [5.74, 6) is 0.148. The van der Waals surface area contributed by atoms with Gasteiger partial charge in [0.05, 0.1) is 5.54 Å². The molecule has 116 valence electrons. The molecule has 0 saturated carbocycles. The third-order valence-electron chi connectivity index (χ3n) is 4.20. The van der Waals surface area contributed by atoms with E-state index in [-0.39, 0.29) is 11.5 Å². The van der Waals surface area contributed by atoms with E-state index in [1.165, 1.54) is 6.07 Å². The number of pyridine rings is 1. The number of carbonyl (C=O) groups is 1. The van der Waals surface area contributed by atoms with E-state index in [0.29, 0.717) is 12.2 Å². The number of likely N-dealkylation sites (N-methyl/N-ethyl adjacent to an activating group) is 1. The van der Waals surface area contributed by atoms with Crippen molar-refractivity contribution in [2.45, 2.75) is 32.4 Å². The summed E-state index contributed by atoms with van der Waals surface area (Å²) in [5.41, 5.74) is 5.76. The fourth-order valence-electron chi connectivity index (χ4n) is 2.80.